The molecule has 0 aliphatic rings. The van der Waals surface area contributed by atoms with Crippen LogP contribution in [-0.2, 0) is 16.4 Å². The largest absolute Gasteiger partial charge is 0.243 e. The Morgan fingerprint density at radius 1 is 0.952 bits per heavy atom. The summed E-state index contributed by atoms with van der Waals surface area (Å²) in [7, 11) is -3.39. The lowest BCUT2D eigenvalue weighted by molar-refractivity contribution is 0.333. The van der Waals surface area contributed by atoms with Gasteiger partial charge in [0.05, 0.1) is 4.90 Å². The van der Waals surface area contributed by atoms with Crippen LogP contribution in [-0.4, -0.2) is 25.8 Å². The Balaban J connectivity index is 3.03. The first-order valence-corrected chi connectivity index (χ1v) is 9.30. The molecule has 1 aromatic rings. The van der Waals surface area contributed by atoms with Crippen molar-refractivity contribution < 1.29 is 8.42 Å². The fourth-order valence-electron chi connectivity index (χ4n) is 2.35. The highest BCUT2D eigenvalue weighted by Gasteiger charge is 2.25. The van der Waals surface area contributed by atoms with Crippen molar-refractivity contribution in [1.29, 1.82) is 0 Å². The predicted octanol–water partition coefficient (Wildman–Crippen LogP) is 3.94. The van der Waals surface area contributed by atoms with E-state index in [0.29, 0.717) is 29.8 Å². The van der Waals surface area contributed by atoms with E-state index in [0.717, 1.165) is 12.8 Å². The molecule has 120 valence electrons. The quantitative estimate of drug-likeness (QED) is 0.729. The van der Waals surface area contributed by atoms with Gasteiger partial charge in [0.15, 0.2) is 0 Å². The van der Waals surface area contributed by atoms with E-state index >= 15 is 0 Å². The molecule has 0 bridgehead atoms. The zero-order valence-electron chi connectivity index (χ0n) is 14.0. The monoisotopic (exact) mass is 311 g/mol. The van der Waals surface area contributed by atoms with Crippen LogP contribution in [0.5, 0.6) is 0 Å². The van der Waals surface area contributed by atoms with Crippen LogP contribution in [0.3, 0.4) is 0 Å². The molecule has 1 rings (SSSR count). The summed E-state index contributed by atoms with van der Waals surface area (Å²) in [5, 5.41) is 0. The van der Waals surface area contributed by atoms with Crippen molar-refractivity contribution in [3.8, 4) is 0 Å². The SMILES string of the molecule is CCCc1ccc(S(=O)(=O)N(CC(C)C)CC(C)C)cc1. The first-order valence-electron chi connectivity index (χ1n) is 7.86. The summed E-state index contributed by atoms with van der Waals surface area (Å²) in [5.74, 6) is 0.635. The zero-order chi connectivity index (χ0) is 16.0. The van der Waals surface area contributed by atoms with Crippen molar-refractivity contribution in [3.63, 3.8) is 0 Å². The van der Waals surface area contributed by atoms with Crippen LogP contribution in [0.1, 0.15) is 46.6 Å². The van der Waals surface area contributed by atoms with Crippen LogP contribution >= 0.6 is 0 Å². The van der Waals surface area contributed by atoms with E-state index in [4.69, 9.17) is 0 Å². The van der Waals surface area contributed by atoms with Crippen LogP contribution in [0.2, 0.25) is 0 Å². The van der Waals surface area contributed by atoms with Gasteiger partial charge >= 0.3 is 0 Å². The lowest BCUT2D eigenvalue weighted by Gasteiger charge is -2.25. The number of nitrogens with zero attached hydrogens (tertiary/aromatic N) is 1. The average Bonchev–Trinajstić information content (AvgIpc) is 2.38. The summed E-state index contributed by atoms with van der Waals surface area (Å²) in [4.78, 5) is 0.406. The Morgan fingerprint density at radius 2 is 1.43 bits per heavy atom. The van der Waals surface area contributed by atoms with Crippen LogP contribution < -0.4 is 0 Å². The average molecular weight is 311 g/mol. The molecular formula is C17H29NO2S. The van der Waals surface area contributed by atoms with Crippen molar-refractivity contribution >= 4 is 10.0 Å². The maximum absolute atomic E-state index is 12.8. The van der Waals surface area contributed by atoms with Gasteiger partial charge in [0.1, 0.15) is 0 Å². The summed E-state index contributed by atoms with van der Waals surface area (Å²) in [6.45, 7) is 11.5. The minimum atomic E-state index is -3.39. The normalized spacial score (nSPS) is 12.6. The number of aryl methyl sites for hydroxylation is 1. The number of hydrogen-bond acceptors (Lipinski definition) is 2. The van der Waals surface area contributed by atoms with Crippen LogP contribution in [0, 0.1) is 11.8 Å². The third kappa shape index (κ3) is 5.44. The maximum Gasteiger partial charge on any atom is 0.243 e. The highest BCUT2D eigenvalue weighted by molar-refractivity contribution is 7.89. The van der Waals surface area contributed by atoms with Gasteiger partial charge in [-0.3, -0.25) is 0 Å². The molecule has 0 radical (unpaired) electrons. The van der Waals surface area contributed by atoms with Crippen molar-refractivity contribution in [2.45, 2.75) is 52.4 Å². The Kier molecular flexibility index (Phi) is 6.88. The second-order valence-electron chi connectivity index (χ2n) is 6.50. The van der Waals surface area contributed by atoms with E-state index in [9.17, 15) is 8.42 Å². The second-order valence-corrected chi connectivity index (χ2v) is 8.44. The molecule has 0 aromatic heterocycles. The highest BCUT2D eigenvalue weighted by Crippen LogP contribution is 2.19. The van der Waals surface area contributed by atoms with Gasteiger partial charge in [-0.25, -0.2) is 8.42 Å². The summed E-state index contributed by atoms with van der Waals surface area (Å²) in [5.41, 5.74) is 1.19. The molecule has 0 spiro atoms. The number of rotatable bonds is 8. The topological polar surface area (TPSA) is 37.4 Å². The fourth-order valence-corrected chi connectivity index (χ4v) is 4.12. The van der Waals surface area contributed by atoms with Gasteiger partial charge in [-0.05, 0) is 36.0 Å². The molecule has 0 N–H and O–H groups in total. The second kappa shape index (κ2) is 7.95. The molecular weight excluding hydrogens is 282 g/mol. The summed E-state index contributed by atoms with van der Waals surface area (Å²) in [6.07, 6.45) is 2.06. The van der Waals surface area contributed by atoms with Gasteiger partial charge in [-0.1, -0.05) is 53.2 Å². The summed E-state index contributed by atoms with van der Waals surface area (Å²) in [6, 6.07) is 7.35. The molecule has 0 heterocycles. The predicted molar refractivity (Wildman–Crippen MR) is 88.9 cm³/mol. The van der Waals surface area contributed by atoms with Crippen molar-refractivity contribution in [2.24, 2.45) is 11.8 Å². The van der Waals surface area contributed by atoms with Gasteiger partial charge in [-0.15, -0.1) is 0 Å². The third-order valence-electron chi connectivity index (χ3n) is 3.24. The highest BCUT2D eigenvalue weighted by atomic mass is 32.2. The Labute approximate surface area is 130 Å². The van der Waals surface area contributed by atoms with E-state index < -0.39 is 10.0 Å². The van der Waals surface area contributed by atoms with Gasteiger partial charge in [0.25, 0.3) is 0 Å². The minimum absolute atomic E-state index is 0.317. The first-order chi connectivity index (χ1) is 9.77. The lowest BCUT2D eigenvalue weighted by atomic mass is 10.1. The number of hydrogen-bond donors (Lipinski definition) is 0. The fraction of sp³-hybridized carbons (Fsp3) is 0.647. The molecule has 0 fully saturated rings. The van der Waals surface area contributed by atoms with E-state index in [2.05, 4.69) is 6.92 Å². The van der Waals surface area contributed by atoms with Gasteiger partial charge in [0, 0.05) is 13.1 Å². The van der Waals surface area contributed by atoms with Crippen molar-refractivity contribution in [1.82, 2.24) is 4.31 Å². The van der Waals surface area contributed by atoms with Gasteiger partial charge < -0.3 is 0 Å². The molecule has 0 saturated carbocycles. The summed E-state index contributed by atoms with van der Waals surface area (Å²) >= 11 is 0. The third-order valence-corrected chi connectivity index (χ3v) is 5.08. The zero-order valence-corrected chi connectivity index (χ0v) is 14.8. The molecule has 0 amide bonds. The molecule has 0 saturated heterocycles. The van der Waals surface area contributed by atoms with Crippen LogP contribution in [0.15, 0.2) is 29.2 Å². The lowest BCUT2D eigenvalue weighted by Crippen LogP contribution is -2.37. The van der Waals surface area contributed by atoms with Crippen LogP contribution in [0.4, 0.5) is 0 Å². The smallest absolute Gasteiger partial charge is 0.207 e. The van der Waals surface area contributed by atoms with E-state index in [1.54, 1.807) is 16.4 Å². The Morgan fingerprint density at radius 3 is 1.81 bits per heavy atom. The minimum Gasteiger partial charge on any atom is -0.207 e. The maximum atomic E-state index is 12.8. The first kappa shape index (κ1) is 18.2. The molecule has 0 aliphatic heterocycles. The molecule has 0 unspecified atom stereocenters. The molecule has 4 heteroatoms. The molecule has 0 atom stereocenters. The van der Waals surface area contributed by atoms with Gasteiger partial charge in [-0.2, -0.15) is 4.31 Å². The number of benzene rings is 1. The van der Waals surface area contributed by atoms with E-state index in [-0.39, 0.29) is 0 Å². The number of sulfonamides is 1. The Hall–Kier alpha value is -0.870. The Bertz CT molecular complexity index is 508. The van der Waals surface area contributed by atoms with Crippen molar-refractivity contribution in [2.75, 3.05) is 13.1 Å². The molecule has 0 aliphatic carbocycles. The standard InChI is InChI=1S/C17H29NO2S/c1-6-7-16-8-10-17(11-9-16)21(19,20)18(12-14(2)3)13-15(4)5/h8-11,14-15H,6-7,12-13H2,1-5H3. The van der Waals surface area contributed by atoms with Crippen LogP contribution in [0.25, 0.3) is 0 Å². The van der Waals surface area contributed by atoms with Gasteiger partial charge in [0.2, 0.25) is 10.0 Å². The molecule has 1 aromatic carbocycles. The van der Waals surface area contributed by atoms with Crippen molar-refractivity contribution in [3.05, 3.63) is 29.8 Å². The summed E-state index contributed by atoms with van der Waals surface area (Å²) < 4.78 is 27.2. The van der Waals surface area contributed by atoms with E-state index in [1.807, 2.05) is 39.8 Å². The van der Waals surface area contributed by atoms with E-state index in [1.165, 1.54) is 5.56 Å². The molecule has 21 heavy (non-hydrogen) atoms. The molecule has 3 nitrogen and oxygen atoms in total.